The molecule has 5 nitrogen and oxygen atoms in total. The van der Waals surface area contributed by atoms with Gasteiger partial charge in [0, 0.05) is 40.3 Å². The molecule has 2 N–H and O–H groups in total. The smallest absolute Gasteiger partial charge is 0.256 e. The van der Waals surface area contributed by atoms with Crippen molar-refractivity contribution in [2.75, 3.05) is 18.4 Å². The quantitative estimate of drug-likeness (QED) is 0.708. The Kier molecular flexibility index (Phi) is 4.05. The lowest BCUT2D eigenvalue weighted by atomic mass is 9.97. The van der Waals surface area contributed by atoms with E-state index < -0.39 is 0 Å². The Morgan fingerprint density at radius 1 is 1.08 bits per heavy atom. The Balaban J connectivity index is 1.39. The van der Waals surface area contributed by atoms with Gasteiger partial charge in [-0.2, -0.15) is 0 Å². The van der Waals surface area contributed by atoms with E-state index in [-0.39, 0.29) is 17.7 Å². The van der Waals surface area contributed by atoms with Crippen LogP contribution in [0.1, 0.15) is 10.4 Å². The number of aromatic amines is 1. The molecule has 3 aromatic rings. The van der Waals surface area contributed by atoms with Crippen molar-refractivity contribution in [3.63, 3.8) is 0 Å². The lowest BCUT2D eigenvalue weighted by Crippen LogP contribution is -2.54. The van der Waals surface area contributed by atoms with Gasteiger partial charge >= 0.3 is 0 Å². The van der Waals surface area contributed by atoms with Crippen LogP contribution in [0.2, 0.25) is 0 Å². The number of hydrogen-bond acceptors (Lipinski definition) is 2. The lowest BCUT2D eigenvalue weighted by Gasteiger charge is -2.38. The predicted molar refractivity (Wildman–Crippen MR) is 100 cm³/mol. The second-order valence-corrected chi connectivity index (χ2v) is 7.07. The monoisotopic (exact) mass is 397 g/mol. The van der Waals surface area contributed by atoms with E-state index in [0.29, 0.717) is 18.7 Å². The number of amides is 2. The molecule has 1 aromatic heterocycles. The highest BCUT2D eigenvalue weighted by atomic mass is 79.9. The van der Waals surface area contributed by atoms with Crippen LogP contribution < -0.4 is 5.32 Å². The fourth-order valence-corrected chi connectivity index (χ4v) is 3.27. The molecule has 0 unspecified atom stereocenters. The molecule has 0 aliphatic carbocycles. The second-order valence-electron chi connectivity index (χ2n) is 6.15. The van der Waals surface area contributed by atoms with Gasteiger partial charge in [-0.05, 0) is 30.3 Å². The number of H-pyrrole nitrogens is 1. The highest BCUT2D eigenvalue weighted by molar-refractivity contribution is 9.10. The first kappa shape index (κ1) is 15.9. The minimum absolute atomic E-state index is 0.0369. The standard InChI is InChI=1S/C19H16BrN3O2/c20-13-5-7-14(8-6-13)22-18(24)12-10-23(11-12)19(25)16-9-21-17-4-2-1-3-15(16)17/h1-9,12,21H,10-11H2,(H,22,24). The van der Waals surface area contributed by atoms with Gasteiger partial charge in [-0.1, -0.05) is 34.1 Å². The van der Waals surface area contributed by atoms with E-state index in [1.165, 1.54) is 0 Å². The summed E-state index contributed by atoms with van der Waals surface area (Å²) in [7, 11) is 0. The largest absolute Gasteiger partial charge is 0.360 e. The Morgan fingerprint density at radius 2 is 1.80 bits per heavy atom. The van der Waals surface area contributed by atoms with Crippen LogP contribution >= 0.6 is 15.9 Å². The van der Waals surface area contributed by atoms with Gasteiger partial charge in [0.05, 0.1) is 11.5 Å². The number of aromatic nitrogens is 1. The summed E-state index contributed by atoms with van der Waals surface area (Å²) in [6, 6.07) is 15.2. The zero-order valence-electron chi connectivity index (χ0n) is 13.3. The summed E-state index contributed by atoms with van der Waals surface area (Å²) in [6.45, 7) is 0.890. The highest BCUT2D eigenvalue weighted by Crippen LogP contribution is 2.25. The number of halogens is 1. The summed E-state index contributed by atoms with van der Waals surface area (Å²) in [4.78, 5) is 29.7. The van der Waals surface area contributed by atoms with Gasteiger partial charge in [0.15, 0.2) is 0 Å². The Morgan fingerprint density at radius 3 is 2.56 bits per heavy atom. The van der Waals surface area contributed by atoms with Gasteiger partial charge in [0.25, 0.3) is 5.91 Å². The number of nitrogens with one attached hydrogen (secondary N) is 2. The second kappa shape index (κ2) is 6.37. The third-order valence-corrected chi connectivity index (χ3v) is 5.00. The topological polar surface area (TPSA) is 65.2 Å². The molecule has 0 radical (unpaired) electrons. The Bertz CT molecular complexity index is 943. The number of carbonyl (C=O) groups excluding carboxylic acids is 2. The molecule has 25 heavy (non-hydrogen) atoms. The van der Waals surface area contributed by atoms with Gasteiger partial charge < -0.3 is 15.2 Å². The molecule has 0 spiro atoms. The third-order valence-electron chi connectivity index (χ3n) is 4.47. The molecule has 1 aliphatic heterocycles. The molecule has 2 heterocycles. The molecule has 2 aromatic carbocycles. The van der Waals surface area contributed by atoms with E-state index >= 15 is 0 Å². The van der Waals surface area contributed by atoms with Crippen LogP contribution in [0.15, 0.2) is 59.2 Å². The maximum Gasteiger partial charge on any atom is 0.256 e. The molecule has 126 valence electrons. The Labute approximate surface area is 153 Å². The van der Waals surface area contributed by atoms with Crippen LogP contribution in [0.25, 0.3) is 10.9 Å². The van der Waals surface area contributed by atoms with Crippen molar-refractivity contribution in [3.8, 4) is 0 Å². The molecule has 1 aliphatic rings. The molecular weight excluding hydrogens is 382 g/mol. The summed E-state index contributed by atoms with van der Waals surface area (Å²) in [5, 5.41) is 3.80. The van der Waals surface area contributed by atoms with Crippen molar-refractivity contribution < 1.29 is 9.59 Å². The van der Waals surface area contributed by atoms with E-state index in [1.54, 1.807) is 11.1 Å². The highest BCUT2D eigenvalue weighted by Gasteiger charge is 2.36. The van der Waals surface area contributed by atoms with E-state index in [4.69, 9.17) is 0 Å². The average Bonchev–Trinajstić information content (AvgIpc) is 2.99. The maximum absolute atomic E-state index is 12.6. The van der Waals surface area contributed by atoms with Crippen LogP contribution in [0.5, 0.6) is 0 Å². The van der Waals surface area contributed by atoms with Crippen LogP contribution in [-0.2, 0) is 4.79 Å². The van der Waals surface area contributed by atoms with Gasteiger partial charge in [-0.25, -0.2) is 0 Å². The van der Waals surface area contributed by atoms with Crippen LogP contribution in [0.3, 0.4) is 0 Å². The Hall–Kier alpha value is -2.60. The summed E-state index contributed by atoms with van der Waals surface area (Å²) < 4.78 is 0.963. The SMILES string of the molecule is O=C(Nc1ccc(Br)cc1)C1CN(C(=O)c2c[nH]c3ccccc23)C1. The number of likely N-dealkylation sites (tertiary alicyclic amines) is 1. The molecule has 1 saturated heterocycles. The molecule has 6 heteroatoms. The number of anilines is 1. The van der Waals surface area contributed by atoms with Crippen molar-refractivity contribution in [1.82, 2.24) is 9.88 Å². The number of nitrogens with zero attached hydrogens (tertiary/aromatic N) is 1. The van der Waals surface area contributed by atoms with Crippen molar-refractivity contribution in [2.24, 2.45) is 5.92 Å². The lowest BCUT2D eigenvalue weighted by molar-refractivity contribution is -0.123. The van der Waals surface area contributed by atoms with Crippen LogP contribution in [-0.4, -0.2) is 34.8 Å². The summed E-state index contributed by atoms with van der Waals surface area (Å²) in [6.07, 6.45) is 1.74. The van der Waals surface area contributed by atoms with Crippen molar-refractivity contribution in [1.29, 1.82) is 0 Å². The molecule has 4 rings (SSSR count). The fraction of sp³-hybridized carbons (Fsp3) is 0.158. The molecular formula is C19H16BrN3O2. The predicted octanol–water partition coefficient (Wildman–Crippen LogP) is 3.64. The first-order valence-electron chi connectivity index (χ1n) is 8.03. The van der Waals surface area contributed by atoms with Gasteiger partial charge in [0.2, 0.25) is 5.91 Å². The molecule has 0 saturated carbocycles. The van der Waals surface area contributed by atoms with E-state index in [2.05, 4.69) is 26.2 Å². The average molecular weight is 398 g/mol. The summed E-state index contributed by atoms with van der Waals surface area (Å²) in [5.74, 6) is -0.256. The zero-order chi connectivity index (χ0) is 17.4. The van der Waals surface area contributed by atoms with E-state index in [0.717, 1.165) is 21.1 Å². The fourth-order valence-electron chi connectivity index (χ4n) is 3.01. The number of para-hydroxylation sites is 1. The van der Waals surface area contributed by atoms with Gasteiger partial charge in [-0.15, -0.1) is 0 Å². The third kappa shape index (κ3) is 3.05. The first-order valence-corrected chi connectivity index (χ1v) is 8.83. The first-order chi connectivity index (χ1) is 12.1. The van der Waals surface area contributed by atoms with Crippen LogP contribution in [0, 0.1) is 5.92 Å². The minimum Gasteiger partial charge on any atom is -0.360 e. The normalized spacial score (nSPS) is 14.4. The maximum atomic E-state index is 12.6. The molecule has 0 bridgehead atoms. The van der Waals surface area contributed by atoms with E-state index in [1.807, 2.05) is 48.5 Å². The molecule has 2 amide bonds. The number of hydrogen-bond donors (Lipinski definition) is 2. The van der Waals surface area contributed by atoms with E-state index in [9.17, 15) is 9.59 Å². The van der Waals surface area contributed by atoms with Crippen LogP contribution in [0.4, 0.5) is 5.69 Å². The van der Waals surface area contributed by atoms with Crippen molar-refractivity contribution in [2.45, 2.75) is 0 Å². The van der Waals surface area contributed by atoms with Gasteiger partial charge in [0.1, 0.15) is 0 Å². The number of fused-ring (bicyclic) bond motifs is 1. The number of rotatable bonds is 3. The zero-order valence-corrected chi connectivity index (χ0v) is 14.9. The summed E-state index contributed by atoms with van der Waals surface area (Å²) in [5.41, 5.74) is 2.35. The van der Waals surface area contributed by atoms with Crippen molar-refractivity contribution in [3.05, 3.63) is 64.8 Å². The molecule has 1 fully saturated rings. The van der Waals surface area contributed by atoms with Gasteiger partial charge in [-0.3, -0.25) is 9.59 Å². The number of benzene rings is 2. The summed E-state index contributed by atoms with van der Waals surface area (Å²) >= 11 is 3.37. The molecule has 0 atom stereocenters. The number of carbonyl (C=O) groups is 2. The minimum atomic E-state index is -0.169. The van der Waals surface area contributed by atoms with Crippen molar-refractivity contribution >= 4 is 44.3 Å².